The van der Waals surface area contributed by atoms with E-state index in [4.69, 9.17) is 19.5 Å². The lowest BCUT2D eigenvalue weighted by atomic mass is 10.0. The fourth-order valence-corrected chi connectivity index (χ4v) is 7.77. The zero-order valence-electron chi connectivity index (χ0n) is 43.5. The summed E-state index contributed by atoms with van der Waals surface area (Å²) < 4.78 is 16.6. The Morgan fingerprint density at radius 1 is 0.388 bits per heavy atom. The Bertz CT molecular complexity index is 1280. The molecule has 0 amide bonds. The molecule has 0 spiro atoms. The average molecular weight is 939 g/mol. The van der Waals surface area contributed by atoms with E-state index < -0.39 is 12.1 Å². The molecule has 0 rings (SSSR count). The van der Waals surface area contributed by atoms with Crippen molar-refractivity contribution in [3.8, 4) is 0 Å². The van der Waals surface area contributed by atoms with Gasteiger partial charge in [0.25, 0.3) is 0 Å². The van der Waals surface area contributed by atoms with Gasteiger partial charge in [-0.1, -0.05) is 222 Å². The van der Waals surface area contributed by atoms with Gasteiger partial charge in [0.2, 0.25) is 0 Å². The van der Waals surface area contributed by atoms with Crippen molar-refractivity contribution in [3.63, 3.8) is 0 Å². The number of carbonyl (C=O) groups is 3. The van der Waals surface area contributed by atoms with Crippen LogP contribution in [0.5, 0.6) is 0 Å². The molecular formula is C59H102O8. The van der Waals surface area contributed by atoms with Gasteiger partial charge < -0.3 is 14.2 Å². The predicted molar refractivity (Wildman–Crippen MR) is 282 cm³/mol. The molecule has 1 N–H and O–H groups in total. The Morgan fingerprint density at radius 3 is 1.27 bits per heavy atom. The molecule has 0 saturated heterocycles. The van der Waals surface area contributed by atoms with Crippen LogP contribution in [0, 0.1) is 0 Å². The second kappa shape index (κ2) is 53.7. The van der Waals surface area contributed by atoms with E-state index in [0.29, 0.717) is 6.42 Å². The summed E-state index contributed by atoms with van der Waals surface area (Å²) in [6.07, 6.45) is 63.7. The number of rotatable bonds is 50. The number of ether oxygens (including phenoxy) is 3. The molecule has 0 saturated carbocycles. The molecule has 67 heavy (non-hydrogen) atoms. The van der Waals surface area contributed by atoms with Crippen molar-refractivity contribution in [2.24, 2.45) is 0 Å². The Morgan fingerprint density at radius 2 is 0.761 bits per heavy atom. The van der Waals surface area contributed by atoms with Crippen LogP contribution in [0.4, 0.5) is 0 Å². The van der Waals surface area contributed by atoms with Crippen molar-refractivity contribution in [3.05, 3.63) is 72.9 Å². The lowest BCUT2D eigenvalue weighted by Gasteiger charge is -2.18. The standard InChI is InChI=1S/C59H102O8/c1-4-7-10-13-15-17-19-21-23-25-27-32-36-40-45-50-57(60)64-53-56(66-59(62)52-47-42-38-34-28-26-24-22-20-18-16-14-11-8-5-2)54-65-58(61)51-46-41-37-33-30-29-31-35-39-44-49-55(67-63)48-43-12-9-6-3/h21-24,29-31,33,37,41,46,51,55-56,63H,4-20,25-28,32,34-36,38-40,42-45,47-50,52-54H2,1-3H3/b23-21-,24-22-,31-29?,33-30?,41-37?,51-46?. The molecule has 0 aromatic heterocycles. The molecule has 2 atom stereocenters. The number of hydrogen-bond donors (Lipinski definition) is 1. The minimum atomic E-state index is -0.865. The maximum Gasteiger partial charge on any atom is 0.330 e. The van der Waals surface area contributed by atoms with Gasteiger partial charge in [0.05, 0.1) is 6.10 Å². The van der Waals surface area contributed by atoms with Crippen molar-refractivity contribution < 1.29 is 38.7 Å². The first-order chi connectivity index (χ1) is 33.0. The molecule has 0 aromatic rings. The van der Waals surface area contributed by atoms with E-state index >= 15 is 0 Å². The third-order valence-corrected chi connectivity index (χ3v) is 12.0. The lowest BCUT2D eigenvalue weighted by Crippen LogP contribution is -2.30. The molecule has 0 aliphatic carbocycles. The van der Waals surface area contributed by atoms with Gasteiger partial charge in [0, 0.05) is 18.9 Å². The first kappa shape index (κ1) is 63.8. The van der Waals surface area contributed by atoms with E-state index in [1.807, 2.05) is 24.3 Å². The van der Waals surface area contributed by atoms with Gasteiger partial charge in [0.15, 0.2) is 6.10 Å². The van der Waals surface area contributed by atoms with Gasteiger partial charge in [-0.25, -0.2) is 9.68 Å². The van der Waals surface area contributed by atoms with Crippen molar-refractivity contribution in [2.75, 3.05) is 13.2 Å². The molecular weight excluding hydrogens is 837 g/mol. The third kappa shape index (κ3) is 50.5. The highest BCUT2D eigenvalue weighted by molar-refractivity contribution is 5.82. The van der Waals surface area contributed by atoms with Crippen LogP contribution in [0.15, 0.2) is 72.9 Å². The number of allylic oxidation sites excluding steroid dienone is 11. The summed E-state index contributed by atoms with van der Waals surface area (Å²) in [5, 5.41) is 9.16. The van der Waals surface area contributed by atoms with E-state index in [1.165, 1.54) is 122 Å². The smallest absolute Gasteiger partial charge is 0.330 e. The molecule has 0 aliphatic heterocycles. The van der Waals surface area contributed by atoms with Gasteiger partial charge >= 0.3 is 17.9 Å². The van der Waals surface area contributed by atoms with E-state index in [9.17, 15) is 14.4 Å². The van der Waals surface area contributed by atoms with E-state index in [-0.39, 0.29) is 37.7 Å². The first-order valence-corrected chi connectivity index (χ1v) is 27.7. The number of esters is 3. The summed E-state index contributed by atoms with van der Waals surface area (Å²) in [6.45, 7) is 6.37. The molecule has 0 aliphatic rings. The Balaban J connectivity index is 4.62. The summed E-state index contributed by atoms with van der Waals surface area (Å²) in [4.78, 5) is 42.6. The van der Waals surface area contributed by atoms with Crippen LogP contribution in [0.1, 0.15) is 258 Å². The first-order valence-electron chi connectivity index (χ1n) is 27.7. The Kier molecular flexibility index (Phi) is 51.1. The van der Waals surface area contributed by atoms with E-state index in [0.717, 1.165) is 109 Å². The highest BCUT2D eigenvalue weighted by atomic mass is 17.1. The second-order valence-corrected chi connectivity index (χ2v) is 18.5. The quantitative estimate of drug-likeness (QED) is 0.00939. The predicted octanol–water partition coefficient (Wildman–Crippen LogP) is 17.7. The Labute approximate surface area is 411 Å². The number of hydrogen-bond acceptors (Lipinski definition) is 8. The SMILES string of the molecule is CCCCCCCC/C=C\CCCCCCCC(=O)OCC(COC(=O)C=CC=CC=CC=CCCCCC(CCCCCC)OO)OC(=O)CCCCCCC/C=C\CCCCCCCC. The van der Waals surface area contributed by atoms with Crippen LogP contribution < -0.4 is 0 Å². The summed E-state index contributed by atoms with van der Waals surface area (Å²) in [5.41, 5.74) is 0. The van der Waals surface area contributed by atoms with Crippen molar-refractivity contribution in [1.29, 1.82) is 0 Å². The molecule has 2 unspecified atom stereocenters. The number of unbranched alkanes of at least 4 members (excludes halogenated alkanes) is 27. The van der Waals surface area contributed by atoms with Gasteiger partial charge in [-0.2, -0.15) is 0 Å². The number of carbonyl (C=O) groups excluding carboxylic acids is 3. The Hall–Kier alpha value is -3.23. The van der Waals surface area contributed by atoms with Crippen molar-refractivity contribution in [2.45, 2.75) is 271 Å². The summed E-state index contributed by atoms with van der Waals surface area (Å²) in [6, 6.07) is 0. The summed E-state index contributed by atoms with van der Waals surface area (Å²) >= 11 is 0. The maximum absolute atomic E-state index is 12.8. The minimum absolute atomic E-state index is 0.0613. The second-order valence-electron chi connectivity index (χ2n) is 18.5. The van der Waals surface area contributed by atoms with Gasteiger partial charge in [-0.15, -0.1) is 0 Å². The monoisotopic (exact) mass is 939 g/mol. The molecule has 0 fully saturated rings. The van der Waals surface area contributed by atoms with Crippen LogP contribution >= 0.6 is 0 Å². The maximum atomic E-state index is 12.8. The topological polar surface area (TPSA) is 108 Å². The van der Waals surface area contributed by atoms with E-state index in [2.05, 4.69) is 56.0 Å². The molecule has 386 valence electrons. The normalized spacial score (nSPS) is 13.1. The molecule has 0 aromatic carbocycles. The van der Waals surface area contributed by atoms with Gasteiger partial charge in [0.1, 0.15) is 13.2 Å². The summed E-state index contributed by atoms with van der Waals surface area (Å²) in [5.74, 6) is -1.27. The minimum Gasteiger partial charge on any atom is -0.462 e. The fraction of sp³-hybridized carbons (Fsp3) is 0.746. The zero-order valence-corrected chi connectivity index (χ0v) is 43.5. The van der Waals surface area contributed by atoms with Crippen LogP contribution in [0.2, 0.25) is 0 Å². The highest BCUT2D eigenvalue weighted by Crippen LogP contribution is 2.16. The molecule has 8 heteroatoms. The van der Waals surface area contributed by atoms with Crippen LogP contribution in [-0.2, 0) is 33.5 Å². The highest BCUT2D eigenvalue weighted by Gasteiger charge is 2.19. The van der Waals surface area contributed by atoms with Crippen LogP contribution in [0.3, 0.4) is 0 Å². The molecule has 0 radical (unpaired) electrons. The summed E-state index contributed by atoms with van der Waals surface area (Å²) in [7, 11) is 0. The third-order valence-electron chi connectivity index (χ3n) is 12.0. The average Bonchev–Trinajstić information content (AvgIpc) is 3.33. The molecule has 0 bridgehead atoms. The van der Waals surface area contributed by atoms with Crippen LogP contribution in [0.25, 0.3) is 0 Å². The fourth-order valence-electron chi connectivity index (χ4n) is 7.77. The molecule has 0 heterocycles. The zero-order chi connectivity index (χ0) is 48.8. The largest absolute Gasteiger partial charge is 0.462 e. The van der Waals surface area contributed by atoms with Gasteiger partial charge in [-0.05, 0) is 89.9 Å². The van der Waals surface area contributed by atoms with Crippen molar-refractivity contribution in [1.82, 2.24) is 0 Å². The molecule has 8 nitrogen and oxygen atoms in total. The van der Waals surface area contributed by atoms with Crippen molar-refractivity contribution >= 4 is 17.9 Å². The van der Waals surface area contributed by atoms with Crippen LogP contribution in [-0.4, -0.2) is 48.6 Å². The van der Waals surface area contributed by atoms with E-state index in [1.54, 1.807) is 12.2 Å². The van der Waals surface area contributed by atoms with Gasteiger partial charge in [-0.3, -0.25) is 14.8 Å². The lowest BCUT2D eigenvalue weighted by molar-refractivity contribution is -0.281.